The molecular formula is C21H18BrClN4O. The Morgan fingerprint density at radius 1 is 1.18 bits per heavy atom. The van der Waals surface area contributed by atoms with Crippen molar-refractivity contribution in [3.63, 3.8) is 0 Å². The van der Waals surface area contributed by atoms with Crippen LogP contribution in [0.2, 0.25) is 5.02 Å². The molecule has 0 aliphatic heterocycles. The number of rotatable bonds is 5. The van der Waals surface area contributed by atoms with Gasteiger partial charge in [-0.05, 0) is 35.4 Å². The topological polar surface area (TPSA) is 51.9 Å². The molecule has 0 saturated heterocycles. The molecule has 28 heavy (non-hydrogen) atoms. The molecule has 0 saturated carbocycles. The molecule has 2 aromatic carbocycles. The van der Waals surface area contributed by atoms with Crippen LogP contribution >= 0.6 is 27.5 Å². The summed E-state index contributed by atoms with van der Waals surface area (Å²) in [7, 11) is 1.85. The van der Waals surface area contributed by atoms with Crippen LogP contribution in [-0.2, 0) is 20.1 Å². The van der Waals surface area contributed by atoms with Gasteiger partial charge in [0.05, 0.1) is 11.6 Å². The zero-order chi connectivity index (χ0) is 19.7. The van der Waals surface area contributed by atoms with Crippen LogP contribution in [0.4, 0.5) is 0 Å². The summed E-state index contributed by atoms with van der Waals surface area (Å²) in [5.41, 5.74) is 3.53. The van der Waals surface area contributed by atoms with Gasteiger partial charge in [-0.1, -0.05) is 51.8 Å². The van der Waals surface area contributed by atoms with Gasteiger partial charge >= 0.3 is 0 Å². The number of nitrogens with one attached hydrogen (secondary N) is 1. The van der Waals surface area contributed by atoms with E-state index in [-0.39, 0.29) is 5.91 Å². The van der Waals surface area contributed by atoms with E-state index in [9.17, 15) is 4.79 Å². The molecule has 7 heteroatoms. The fraction of sp³-hybridized carbons (Fsp3) is 0.143. The third kappa shape index (κ3) is 3.57. The van der Waals surface area contributed by atoms with Crippen LogP contribution in [0.5, 0.6) is 0 Å². The number of carbonyl (C=O) groups excluding carboxylic acids is 1. The summed E-state index contributed by atoms with van der Waals surface area (Å²) in [5.74, 6) is -0.200. The summed E-state index contributed by atoms with van der Waals surface area (Å²) in [6.45, 7) is 1.07. The maximum atomic E-state index is 12.9. The number of aryl methyl sites for hydroxylation is 1. The van der Waals surface area contributed by atoms with E-state index < -0.39 is 0 Å². The van der Waals surface area contributed by atoms with E-state index in [2.05, 4.69) is 26.3 Å². The van der Waals surface area contributed by atoms with Crippen molar-refractivity contribution in [2.75, 3.05) is 0 Å². The minimum atomic E-state index is -0.200. The zero-order valence-electron chi connectivity index (χ0n) is 15.2. The molecule has 0 fully saturated rings. The highest BCUT2D eigenvalue weighted by Crippen LogP contribution is 2.32. The highest BCUT2D eigenvalue weighted by Gasteiger charge is 2.20. The Balaban J connectivity index is 1.57. The second-order valence-electron chi connectivity index (χ2n) is 6.54. The molecule has 0 spiro atoms. The molecule has 0 aliphatic rings. The van der Waals surface area contributed by atoms with E-state index in [1.165, 1.54) is 0 Å². The van der Waals surface area contributed by atoms with Gasteiger partial charge in [0.15, 0.2) is 0 Å². The molecule has 1 amide bonds. The summed E-state index contributed by atoms with van der Waals surface area (Å²) in [5, 5.41) is 8.57. The molecule has 0 aliphatic carbocycles. The van der Waals surface area contributed by atoms with Crippen molar-refractivity contribution in [2.24, 2.45) is 7.05 Å². The molecule has 4 rings (SSSR count). The summed E-state index contributed by atoms with van der Waals surface area (Å²) < 4.78 is 4.61. The van der Waals surface area contributed by atoms with Crippen LogP contribution in [-0.4, -0.2) is 20.3 Å². The smallest absolute Gasteiger partial charge is 0.269 e. The fourth-order valence-electron chi connectivity index (χ4n) is 3.34. The number of fused-ring (bicyclic) bond motifs is 1. The third-order valence-corrected chi connectivity index (χ3v) is 5.64. The van der Waals surface area contributed by atoms with Crippen LogP contribution in [0, 0.1) is 0 Å². The number of amides is 1. The first-order valence-corrected chi connectivity index (χ1v) is 9.97. The van der Waals surface area contributed by atoms with Crippen LogP contribution in [0.25, 0.3) is 10.9 Å². The lowest BCUT2D eigenvalue weighted by Gasteiger charge is -2.12. The number of nitrogens with zero attached hydrogens (tertiary/aromatic N) is 3. The first-order chi connectivity index (χ1) is 13.5. The Kier molecular flexibility index (Phi) is 5.24. The Labute approximate surface area is 176 Å². The van der Waals surface area contributed by atoms with Crippen molar-refractivity contribution < 1.29 is 4.79 Å². The van der Waals surface area contributed by atoms with E-state index in [0.717, 1.165) is 26.5 Å². The number of benzene rings is 2. The second-order valence-corrected chi connectivity index (χ2v) is 7.83. The minimum Gasteiger partial charge on any atom is -0.347 e. The Hall–Kier alpha value is -2.57. The Morgan fingerprint density at radius 2 is 1.96 bits per heavy atom. The standard InChI is InChI=1S/C21H18BrClN4O/c1-26-18-8-7-16(22)11-17(18)19(23)20(26)21(28)24-12-14-5-2-3-6-15(14)13-27-10-4-9-25-27/h2-11H,12-13H2,1H3,(H,24,28). The molecule has 2 aromatic heterocycles. The predicted octanol–water partition coefficient (Wildman–Crippen LogP) is 4.77. The first-order valence-electron chi connectivity index (χ1n) is 8.80. The van der Waals surface area contributed by atoms with Gasteiger partial charge in [-0.15, -0.1) is 0 Å². The molecule has 5 nitrogen and oxygen atoms in total. The van der Waals surface area contributed by atoms with Crippen molar-refractivity contribution in [3.8, 4) is 0 Å². The average Bonchev–Trinajstić information content (AvgIpc) is 3.28. The number of aromatic nitrogens is 3. The van der Waals surface area contributed by atoms with E-state index >= 15 is 0 Å². The SMILES string of the molecule is Cn1c(C(=O)NCc2ccccc2Cn2cccn2)c(Cl)c2cc(Br)ccc21. The molecular weight excluding hydrogens is 440 g/mol. The highest BCUT2D eigenvalue weighted by atomic mass is 79.9. The maximum Gasteiger partial charge on any atom is 0.269 e. The number of hydrogen-bond acceptors (Lipinski definition) is 2. The lowest BCUT2D eigenvalue weighted by atomic mass is 10.1. The zero-order valence-corrected chi connectivity index (χ0v) is 17.5. The van der Waals surface area contributed by atoms with E-state index in [1.807, 2.05) is 71.0 Å². The monoisotopic (exact) mass is 456 g/mol. The number of halogens is 2. The summed E-state index contributed by atoms with van der Waals surface area (Å²) in [4.78, 5) is 12.9. The van der Waals surface area contributed by atoms with Crippen LogP contribution in [0.3, 0.4) is 0 Å². The predicted molar refractivity (Wildman–Crippen MR) is 115 cm³/mol. The maximum absolute atomic E-state index is 12.9. The van der Waals surface area contributed by atoms with E-state index in [0.29, 0.717) is 23.8 Å². The lowest BCUT2D eigenvalue weighted by molar-refractivity contribution is 0.0943. The van der Waals surface area contributed by atoms with Crippen LogP contribution in [0.1, 0.15) is 21.6 Å². The summed E-state index contributed by atoms with van der Waals surface area (Å²) in [6, 6.07) is 15.7. The average molecular weight is 458 g/mol. The molecule has 0 unspecified atom stereocenters. The molecule has 142 valence electrons. The van der Waals surface area contributed by atoms with Gasteiger partial charge in [-0.25, -0.2) is 0 Å². The van der Waals surface area contributed by atoms with Crippen molar-refractivity contribution in [2.45, 2.75) is 13.1 Å². The van der Waals surface area contributed by atoms with Crippen LogP contribution < -0.4 is 5.32 Å². The molecule has 0 radical (unpaired) electrons. The van der Waals surface area contributed by atoms with Gasteiger partial charge < -0.3 is 9.88 Å². The molecule has 0 bridgehead atoms. The van der Waals surface area contributed by atoms with Crippen molar-refractivity contribution in [3.05, 3.63) is 87.2 Å². The van der Waals surface area contributed by atoms with Crippen molar-refractivity contribution in [1.82, 2.24) is 19.7 Å². The first kappa shape index (κ1) is 18.8. The molecule has 2 heterocycles. The van der Waals surface area contributed by atoms with E-state index in [1.54, 1.807) is 6.20 Å². The minimum absolute atomic E-state index is 0.200. The van der Waals surface area contributed by atoms with Gasteiger partial charge in [0.1, 0.15) is 5.69 Å². The van der Waals surface area contributed by atoms with Crippen LogP contribution in [0.15, 0.2) is 65.4 Å². The van der Waals surface area contributed by atoms with E-state index in [4.69, 9.17) is 11.6 Å². The van der Waals surface area contributed by atoms with Gasteiger partial charge in [0, 0.05) is 41.4 Å². The summed E-state index contributed by atoms with van der Waals surface area (Å²) in [6.07, 6.45) is 3.67. The molecule has 1 N–H and O–H groups in total. The van der Waals surface area contributed by atoms with Gasteiger partial charge in [0.25, 0.3) is 5.91 Å². The Morgan fingerprint density at radius 3 is 2.71 bits per heavy atom. The summed E-state index contributed by atoms with van der Waals surface area (Å²) >= 11 is 9.98. The van der Waals surface area contributed by atoms with Gasteiger partial charge in [-0.3, -0.25) is 9.48 Å². The highest BCUT2D eigenvalue weighted by molar-refractivity contribution is 9.10. The van der Waals surface area contributed by atoms with Gasteiger partial charge in [-0.2, -0.15) is 5.10 Å². The van der Waals surface area contributed by atoms with Crippen molar-refractivity contribution >= 4 is 44.3 Å². The third-order valence-electron chi connectivity index (χ3n) is 4.76. The number of carbonyl (C=O) groups is 1. The van der Waals surface area contributed by atoms with Gasteiger partial charge in [0.2, 0.25) is 0 Å². The quantitative estimate of drug-likeness (QED) is 0.469. The molecule has 4 aromatic rings. The Bertz CT molecular complexity index is 1150. The lowest BCUT2D eigenvalue weighted by Crippen LogP contribution is -2.26. The van der Waals surface area contributed by atoms with Crippen molar-refractivity contribution in [1.29, 1.82) is 0 Å². The normalized spacial score (nSPS) is 11.1. The number of hydrogen-bond donors (Lipinski definition) is 1. The largest absolute Gasteiger partial charge is 0.347 e. The second kappa shape index (κ2) is 7.81. The fourth-order valence-corrected chi connectivity index (χ4v) is 4.06. The molecule has 0 atom stereocenters.